The third-order valence-electron chi connectivity index (χ3n) is 1.91. The molecule has 90 valence electrons. The second-order valence-electron chi connectivity index (χ2n) is 3.21. The van der Waals surface area contributed by atoms with Gasteiger partial charge in [0, 0.05) is 6.54 Å². The van der Waals surface area contributed by atoms with E-state index in [1.165, 1.54) is 0 Å². The molecule has 0 saturated carbocycles. The summed E-state index contributed by atoms with van der Waals surface area (Å²) in [6.45, 7) is 4.22. The Hall–Kier alpha value is -0.240. The number of ether oxygens (including phenoxy) is 3. The van der Waals surface area contributed by atoms with E-state index in [9.17, 15) is 0 Å². The molecule has 2 unspecified atom stereocenters. The Kier molecular flexibility index (Phi) is 6.82. The van der Waals surface area contributed by atoms with Crippen LogP contribution in [0.1, 0.15) is 13.3 Å². The molecule has 2 atom stereocenters. The maximum absolute atomic E-state index is 8.52. The van der Waals surface area contributed by atoms with Crippen molar-refractivity contribution >= 4 is 0 Å². The summed E-state index contributed by atoms with van der Waals surface area (Å²) in [6, 6.07) is 0. The van der Waals surface area contributed by atoms with E-state index in [1.807, 2.05) is 6.92 Å². The molecule has 1 heterocycles. The molecule has 0 aliphatic carbocycles. The molecule has 0 aromatic carbocycles. The van der Waals surface area contributed by atoms with Gasteiger partial charge < -0.3 is 19.3 Å². The van der Waals surface area contributed by atoms with Gasteiger partial charge in [-0.3, -0.25) is 10.6 Å². The molecule has 1 aliphatic heterocycles. The predicted octanol–water partition coefficient (Wildman–Crippen LogP) is -0.801. The number of epoxide rings is 1. The van der Waals surface area contributed by atoms with Crippen LogP contribution < -0.4 is 10.6 Å². The molecule has 15 heavy (non-hydrogen) atoms. The molecule has 1 rings (SSSR count). The fraction of sp³-hybridized carbons (Fsp3) is 1.00. The van der Waals surface area contributed by atoms with Gasteiger partial charge in [0.2, 0.25) is 0 Å². The molecule has 0 spiro atoms. The lowest BCUT2D eigenvalue weighted by Crippen LogP contribution is -2.30. The number of rotatable bonds is 10. The van der Waals surface area contributed by atoms with Gasteiger partial charge in [0.05, 0.1) is 19.9 Å². The lowest BCUT2D eigenvalue weighted by molar-refractivity contribution is -0.153. The van der Waals surface area contributed by atoms with Crippen LogP contribution in [-0.4, -0.2) is 50.8 Å². The third kappa shape index (κ3) is 6.77. The topological polar surface area (TPSA) is 75.3 Å². The van der Waals surface area contributed by atoms with Gasteiger partial charge in [-0.25, -0.2) is 0 Å². The minimum atomic E-state index is -0.220. The maximum Gasteiger partial charge on any atom is 0.160 e. The van der Waals surface area contributed by atoms with Crippen molar-refractivity contribution in [3.05, 3.63) is 0 Å². The normalized spacial score (nSPS) is 21.6. The van der Waals surface area contributed by atoms with Crippen molar-refractivity contribution < 1.29 is 19.3 Å². The summed E-state index contributed by atoms with van der Waals surface area (Å²) in [4.78, 5) is 0. The molecule has 0 amide bonds. The van der Waals surface area contributed by atoms with Gasteiger partial charge in [0.25, 0.3) is 0 Å². The summed E-state index contributed by atoms with van der Waals surface area (Å²) in [7, 11) is 0. The first-order valence-corrected chi connectivity index (χ1v) is 5.26. The van der Waals surface area contributed by atoms with Gasteiger partial charge in [-0.1, -0.05) is 6.92 Å². The number of hydrogen-bond donors (Lipinski definition) is 3. The quantitative estimate of drug-likeness (QED) is 0.254. The summed E-state index contributed by atoms with van der Waals surface area (Å²) in [5.74, 6) is 0. The molecule has 1 fully saturated rings. The first kappa shape index (κ1) is 12.8. The standard InChI is InChI=1S/C9H20N2O4/c1-2-9(14-6-10-3-4-12)15-7-11-8-5-13-8/h8-12H,2-7H2,1H3. The van der Waals surface area contributed by atoms with Crippen LogP contribution in [0.5, 0.6) is 0 Å². The summed E-state index contributed by atoms with van der Waals surface area (Å²) in [5.41, 5.74) is 0. The zero-order chi connectivity index (χ0) is 10.9. The first-order valence-electron chi connectivity index (χ1n) is 5.26. The zero-order valence-corrected chi connectivity index (χ0v) is 9.07. The zero-order valence-electron chi connectivity index (χ0n) is 9.07. The van der Waals surface area contributed by atoms with Gasteiger partial charge in [-0.15, -0.1) is 0 Å². The maximum atomic E-state index is 8.52. The van der Waals surface area contributed by atoms with Crippen molar-refractivity contribution in [1.29, 1.82) is 0 Å². The average Bonchev–Trinajstić information content (AvgIpc) is 3.05. The monoisotopic (exact) mass is 220 g/mol. The van der Waals surface area contributed by atoms with Crippen LogP contribution in [0, 0.1) is 0 Å². The van der Waals surface area contributed by atoms with Crippen LogP contribution in [0.25, 0.3) is 0 Å². The van der Waals surface area contributed by atoms with E-state index >= 15 is 0 Å². The number of nitrogens with one attached hydrogen (secondary N) is 2. The van der Waals surface area contributed by atoms with Gasteiger partial charge in [0.1, 0.15) is 13.0 Å². The van der Waals surface area contributed by atoms with Crippen molar-refractivity contribution in [3.63, 3.8) is 0 Å². The van der Waals surface area contributed by atoms with Crippen molar-refractivity contribution in [2.24, 2.45) is 0 Å². The van der Waals surface area contributed by atoms with Crippen molar-refractivity contribution in [2.75, 3.05) is 33.2 Å². The number of aliphatic hydroxyl groups excluding tert-OH is 1. The lowest BCUT2D eigenvalue weighted by Gasteiger charge is -2.17. The number of hydrogen-bond acceptors (Lipinski definition) is 6. The highest BCUT2D eigenvalue weighted by atomic mass is 16.7. The van der Waals surface area contributed by atoms with Gasteiger partial charge >= 0.3 is 0 Å². The van der Waals surface area contributed by atoms with Crippen LogP contribution in [0.3, 0.4) is 0 Å². The molecule has 6 heteroatoms. The molecule has 0 aromatic rings. The molecule has 0 aromatic heterocycles. The Morgan fingerprint density at radius 2 is 2.20 bits per heavy atom. The SMILES string of the molecule is CCC(OCNCCO)OCNC1CO1. The molecular weight excluding hydrogens is 200 g/mol. The third-order valence-corrected chi connectivity index (χ3v) is 1.91. The number of aliphatic hydroxyl groups is 1. The van der Waals surface area contributed by atoms with E-state index in [-0.39, 0.29) is 19.1 Å². The van der Waals surface area contributed by atoms with E-state index in [0.29, 0.717) is 20.0 Å². The minimum absolute atomic E-state index is 0.113. The Labute approximate surface area is 89.9 Å². The van der Waals surface area contributed by atoms with Gasteiger partial charge in [-0.2, -0.15) is 0 Å². The van der Waals surface area contributed by atoms with Crippen molar-refractivity contribution in [1.82, 2.24) is 10.6 Å². The second-order valence-corrected chi connectivity index (χ2v) is 3.21. The fourth-order valence-corrected chi connectivity index (χ4v) is 0.987. The second kappa shape index (κ2) is 7.98. The Bertz CT molecular complexity index is 155. The average molecular weight is 220 g/mol. The van der Waals surface area contributed by atoms with Crippen LogP contribution in [-0.2, 0) is 14.2 Å². The molecule has 1 saturated heterocycles. The Balaban J connectivity index is 1.90. The van der Waals surface area contributed by atoms with E-state index in [2.05, 4.69) is 10.6 Å². The highest BCUT2D eigenvalue weighted by Crippen LogP contribution is 2.04. The van der Waals surface area contributed by atoms with Gasteiger partial charge in [0.15, 0.2) is 6.29 Å². The predicted molar refractivity (Wildman–Crippen MR) is 53.9 cm³/mol. The molecular formula is C9H20N2O4. The highest BCUT2D eigenvalue weighted by Gasteiger charge is 2.21. The molecule has 1 aliphatic rings. The van der Waals surface area contributed by atoms with E-state index < -0.39 is 0 Å². The van der Waals surface area contributed by atoms with Crippen LogP contribution in [0.4, 0.5) is 0 Å². The van der Waals surface area contributed by atoms with Crippen molar-refractivity contribution in [2.45, 2.75) is 25.9 Å². The molecule has 6 nitrogen and oxygen atoms in total. The van der Waals surface area contributed by atoms with Crippen LogP contribution in [0.2, 0.25) is 0 Å². The van der Waals surface area contributed by atoms with Crippen LogP contribution in [0.15, 0.2) is 0 Å². The molecule has 0 radical (unpaired) electrons. The van der Waals surface area contributed by atoms with Crippen LogP contribution >= 0.6 is 0 Å². The summed E-state index contributed by atoms with van der Waals surface area (Å²) >= 11 is 0. The van der Waals surface area contributed by atoms with Crippen molar-refractivity contribution in [3.8, 4) is 0 Å². The summed E-state index contributed by atoms with van der Waals surface area (Å²) < 4.78 is 15.7. The summed E-state index contributed by atoms with van der Waals surface area (Å²) in [6.07, 6.45) is 0.728. The Morgan fingerprint density at radius 1 is 1.47 bits per heavy atom. The fourth-order valence-electron chi connectivity index (χ4n) is 0.987. The summed E-state index contributed by atoms with van der Waals surface area (Å²) in [5, 5.41) is 14.5. The molecule has 0 bridgehead atoms. The Morgan fingerprint density at radius 3 is 2.80 bits per heavy atom. The van der Waals surface area contributed by atoms with Gasteiger partial charge in [-0.05, 0) is 6.42 Å². The molecule has 3 N–H and O–H groups in total. The van der Waals surface area contributed by atoms with E-state index in [0.717, 1.165) is 13.0 Å². The smallest absolute Gasteiger partial charge is 0.160 e. The largest absolute Gasteiger partial charge is 0.395 e. The first-order chi connectivity index (χ1) is 7.36. The van der Waals surface area contributed by atoms with E-state index in [1.54, 1.807) is 0 Å². The highest BCUT2D eigenvalue weighted by molar-refractivity contribution is 4.62. The lowest BCUT2D eigenvalue weighted by atomic mass is 10.5. The van der Waals surface area contributed by atoms with E-state index in [4.69, 9.17) is 19.3 Å². The minimum Gasteiger partial charge on any atom is -0.395 e.